The summed E-state index contributed by atoms with van der Waals surface area (Å²) in [6.45, 7) is 10.7. The number of fused-ring (bicyclic) bond motifs is 2. The molecule has 4 heterocycles. The number of amides is 2. The number of ether oxygens (including phenoxy) is 1. The Labute approximate surface area is 245 Å². The van der Waals surface area contributed by atoms with Crippen LogP contribution >= 0.6 is 0 Å². The summed E-state index contributed by atoms with van der Waals surface area (Å²) < 4.78 is 8.49. The van der Waals surface area contributed by atoms with Crippen LogP contribution in [0.25, 0.3) is 0 Å². The average Bonchev–Trinajstić information content (AvgIpc) is 3.62. The summed E-state index contributed by atoms with van der Waals surface area (Å²) in [7, 11) is 0. The lowest BCUT2D eigenvalue weighted by atomic mass is 9.70. The van der Waals surface area contributed by atoms with Gasteiger partial charge in [0.15, 0.2) is 5.60 Å². The molecule has 0 bridgehead atoms. The molecule has 1 spiro atoms. The molecule has 3 aromatic rings. The first-order valence-electron chi connectivity index (χ1n) is 14.5. The number of anilines is 2. The van der Waals surface area contributed by atoms with Gasteiger partial charge >= 0.3 is 0 Å². The maximum atomic E-state index is 14.3. The van der Waals surface area contributed by atoms with Crippen molar-refractivity contribution >= 4 is 23.2 Å². The lowest BCUT2D eigenvalue weighted by Crippen LogP contribution is -2.46. The van der Waals surface area contributed by atoms with Crippen molar-refractivity contribution in [1.29, 1.82) is 0 Å². The van der Waals surface area contributed by atoms with Gasteiger partial charge in [-0.2, -0.15) is 0 Å². The molecule has 2 fully saturated rings. The van der Waals surface area contributed by atoms with Gasteiger partial charge in [0.2, 0.25) is 5.91 Å². The van der Waals surface area contributed by atoms with Crippen molar-refractivity contribution < 1.29 is 24.5 Å². The number of aliphatic hydroxyl groups is 2. The molecule has 3 aliphatic rings. The Morgan fingerprint density at radius 2 is 1.98 bits per heavy atom. The van der Waals surface area contributed by atoms with E-state index >= 15 is 0 Å². The number of aryl methyl sites for hydroxylation is 1. The zero-order valence-corrected chi connectivity index (χ0v) is 24.2. The molecular weight excluding hydrogens is 534 g/mol. The molecule has 0 unspecified atom stereocenters. The SMILES string of the molecule is C=CCN1C(=O)[C@]2(O[C@H](CCn3cc([C@H](O)c4ccccc4)nn3)[C@@H](C(C)(C)O)[C@@H]2C)c2cc(N3CCC3=O)ccc21. The van der Waals surface area contributed by atoms with Crippen molar-refractivity contribution in [2.75, 3.05) is 22.9 Å². The smallest absolute Gasteiger partial charge is 0.264 e. The number of nitrogens with zero attached hydrogens (tertiary/aromatic N) is 5. The van der Waals surface area contributed by atoms with Gasteiger partial charge in [0.25, 0.3) is 5.91 Å². The van der Waals surface area contributed by atoms with E-state index in [1.54, 1.807) is 40.6 Å². The topological polar surface area (TPSA) is 121 Å². The van der Waals surface area contributed by atoms with E-state index in [0.717, 1.165) is 16.9 Å². The number of benzene rings is 2. The minimum absolute atomic E-state index is 0.0495. The highest BCUT2D eigenvalue weighted by Gasteiger charge is 2.65. The Kier molecular flexibility index (Phi) is 7.03. The summed E-state index contributed by atoms with van der Waals surface area (Å²) in [6, 6.07) is 14.9. The van der Waals surface area contributed by atoms with E-state index in [2.05, 4.69) is 16.9 Å². The van der Waals surface area contributed by atoms with Gasteiger partial charge < -0.3 is 24.7 Å². The van der Waals surface area contributed by atoms with Crippen LogP contribution in [-0.4, -0.2) is 61.8 Å². The minimum atomic E-state index is -1.32. The fourth-order valence-electron chi connectivity index (χ4n) is 7.02. The Morgan fingerprint density at radius 3 is 2.62 bits per heavy atom. The van der Waals surface area contributed by atoms with E-state index in [1.807, 2.05) is 55.5 Å². The quantitative estimate of drug-likeness (QED) is 0.299. The molecule has 3 aliphatic heterocycles. The number of carbonyl (C=O) groups excluding carboxylic acids is 2. The maximum absolute atomic E-state index is 14.3. The predicted molar refractivity (Wildman–Crippen MR) is 157 cm³/mol. The standard InChI is InChI=1S/C32H37N5O5/c1-5-15-37-25-12-11-22(36-17-14-27(36)38)18-23(25)32(30(37)40)20(2)28(31(3,4)41)26(42-32)13-16-35-19-24(33-34-35)29(39)21-9-7-6-8-10-21/h5-12,18-20,26,28-29,39,41H,1,13-17H2,2-4H3/t20-,26+,28-,29+,32+/m0/s1. The van der Waals surface area contributed by atoms with Crippen LogP contribution in [0.2, 0.25) is 0 Å². The summed E-state index contributed by atoms with van der Waals surface area (Å²) in [4.78, 5) is 29.9. The number of rotatable bonds is 9. The summed E-state index contributed by atoms with van der Waals surface area (Å²) in [5, 5.41) is 30.5. The van der Waals surface area contributed by atoms with Crippen LogP contribution in [0.5, 0.6) is 0 Å². The van der Waals surface area contributed by atoms with Gasteiger partial charge in [0.1, 0.15) is 11.8 Å². The molecule has 220 valence electrons. The fourth-order valence-corrected chi connectivity index (χ4v) is 7.02. The molecule has 42 heavy (non-hydrogen) atoms. The molecule has 2 N–H and O–H groups in total. The molecule has 0 radical (unpaired) electrons. The summed E-state index contributed by atoms with van der Waals surface area (Å²) >= 11 is 0. The summed E-state index contributed by atoms with van der Waals surface area (Å²) in [5.74, 6) is -0.904. The number of aliphatic hydroxyl groups excluding tert-OH is 1. The minimum Gasteiger partial charge on any atom is -0.390 e. The lowest BCUT2D eigenvalue weighted by molar-refractivity contribution is -0.146. The van der Waals surface area contributed by atoms with Crippen molar-refractivity contribution in [3.8, 4) is 0 Å². The van der Waals surface area contributed by atoms with E-state index in [-0.39, 0.29) is 23.7 Å². The number of carbonyl (C=O) groups is 2. The Bertz CT molecular complexity index is 1510. The van der Waals surface area contributed by atoms with E-state index in [1.165, 1.54) is 0 Å². The van der Waals surface area contributed by atoms with E-state index in [0.29, 0.717) is 43.7 Å². The normalized spacial score (nSPS) is 26.1. The molecule has 2 saturated heterocycles. The number of β-lactam (4-membered cyclic amide) rings is 1. The van der Waals surface area contributed by atoms with Crippen LogP contribution in [-0.2, 0) is 26.5 Å². The van der Waals surface area contributed by atoms with Crippen LogP contribution in [0.15, 0.2) is 67.4 Å². The molecule has 2 aromatic carbocycles. The highest BCUT2D eigenvalue weighted by molar-refractivity contribution is 6.09. The largest absolute Gasteiger partial charge is 0.390 e. The van der Waals surface area contributed by atoms with E-state index < -0.39 is 23.4 Å². The third kappa shape index (κ3) is 4.45. The first-order chi connectivity index (χ1) is 20.1. The van der Waals surface area contributed by atoms with Crippen molar-refractivity contribution in [2.24, 2.45) is 11.8 Å². The van der Waals surface area contributed by atoms with Crippen molar-refractivity contribution in [3.63, 3.8) is 0 Å². The number of hydrogen-bond acceptors (Lipinski definition) is 7. The highest BCUT2D eigenvalue weighted by Crippen LogP contribution is 2.58. The van der Waals surface area contributed by atoms with Crippen LogP contribution in [0, 0.1) is 11.8 Å². The molecule has 0 aliphatic carbocycles. The molecule has 10 nitrogen and oxygen atoms in total. The Morgan fingerprint density at radius 1 is 1.21 bits per heavy atom. The Balaban J connectivity index is 1.31. The van der Waals surface area contributed by atoms with Gasteiger partial charge in [-0.15, -0.1) is 11.7 Å². The predicted octanol–water partition coefficient (Wildman–Crippen LogP) is 3.34. The second kappa shape index (κ2) is 10.4. The Hall–Kier alpha value is -3.86. The van der Waals surface area contributed by atoms with Gasteiger partial charge in [-0.25, -0.2) is 0 Å². The van der Waals surface area contributed by atoms with Crippen LogP contribution in [0.4, 0.5) is 11.4 Å². The van der Waals surface area contributed by atoms with Crippen LogP contribution in [0.1, 0.15) is 56.5 Å². The zero-order chi connectivity index (χ0) is 29.8. The van der Waals surface area contributed by atoms with Crippen molar-refractivity contribution in [3.05, 3.63) is 84.2 Å². The summed E-state index contributed by atoms with van der Waals surface area (Å²) in [5.41, 5.74) is 0.869. The average molecular weight is 572 g/mol. The second-order valence-electron chi connectivity index (χ2n) is 12.1. The third-order valence-electron chi connectivity index (χ3n) is 9.04. The molecular formula is C32H37N5O5. The molecule has 6 rings (SSSR count). The number of aromatic nitrogens is 3. The summed E-state index contributed by atoms with van der Waals surface area (Å²) in [6.07, 6.45) is 2.98. The zero-order valence-electron chi connectivity index (χ0n) is 24.2. The van der Waals surface area contributed by atoms with E-state index in [4.69, 9.17) is 4.74 Å². The van der Waals surface area contributed by atoms with Crippen LogP contribution in [0.3, 0.4) is 0 Å². The van der Waals surface area contributed by atoms with Gasteiger partial charge in [0.05, 0.1) is 23.6 Å². The van der Waals surface area contributed by atoms with Crippen molar-refractivity contribution in [2.45, 2.75) is 63.6 Å². The fraction of sp³-hybridized carbons (Fsp3) is 0.438. The van der Waals surface area contributed by atoms with Gasteiger partial charge in [-0.1, -0.05) is 48.5 Å². The lowest BCUT2D eigenvalue weighted by Gasteiger charge is -2.34. The van der Waals surface area contributed by atoms with E-state index in [9.17, 15) is 19.8 Å². The first kappa shape index (κ1) is 28.3. The molecule has 2 amide bonds. The molecule has 10 heteroatoms. The number of hydrogen-bond donors (Lipinski definition) is 2. The van der Waals surface area contributed by atoms with Gasteiger partial charge in [0, 0.05) is 49.1 Å². The van der Waals surface area contributed by atoms with Gasteiger partial charge in [-0.3, -0.25) is 14.3 Å². The monoisotopic (exact) mass is 571 g/mol. The first-order valence-corrected chi connectivity index (χ1v) is 14.5. The van der Waals surface area contributed by atoms with Crippen molar-refractivity contribution in [1.82, 2.24) is 15.0 Å². The third-order valence-corrected chi connectivity index (χ3v) is 9.04. The molecule has 1 aromatic heterocycles. The molecule has 0 saturated carbocycles. The second-order valence-corrected chi connectivity index (χ2v) is 12.1. The molecule has 5 atom stereocenters. The van der Waals surface area contributed by atoms with Gasteiger partial charge in [-0.05, 0) is 44.0 Å². The van der Waals surface area contributed by atoms with Crippen LogP contribution < -0.4 is 9.80 Å². The highest BCUT2D eigenvalue weighted by atomic mass is 16.5. The maximum Gasteiger partial charge on any atom is 0.264 e.